The van der Waals surface area contributed by atoms with Crippen LogP contribution in [-0.4, -0.2) is 118 Å². The summed E-state index contributed by atoms with van der Waals surface area (Å²) in [7, 11) is 1.73. The number of imidazole rings is 1. The third-order valence-electron chi connectivity index (χ3n) is 10.4. The van der Waals surface area contributed by atoms with Gasteiger partial charge in [0.25, 0.3) is 0 Å². The number of piperazine rings is 1. The lowest BCUT2D eigenvalue weighted by molar-refractivity contribution is -0.135. The molecular formula is C34H50FN7O5. The molecule has 0 spiro atoms. The van der Waals surface area contributed by atoms with E-state index in [0.29, 0.717) is 50.3 Å². The van der Waals surface area contributed by atoms with E-state index in [1.165, 1.54) is 4.57 Å². The number of hydrogen-bond acceptors (Lipinski definition) is 8. The normalized spacial score (nSPS) is 23.7. The van der Waals surface area contributed by atoms with Crippen molar-refractivity contribution >= 4 is 34.6 Å². The van der Waals surface area contributed by atoms with E-state index in [4.69, 9.17) is 4.74 Å². The molecule has 0 saturated carbocycles. The second-order valence-electron chi connectivity index (χ2n) is 15.0. The summed E-state index contributed by atoms with van der Waals surface area (Å²) in [6, 6.07) is 5.31. The van der Waals surface area contributed by atoms with Crippen molar-refractivity contribution in [3.05, 3.63) is 28.7 Å². The van der Waals surface area contributed by atoms with Gasteiger partial charge >= 0.3 is 11.8 Å². The van der Waals surface area contributed by atoms with Crippen molar-refractivity contribution in [2.45, 2.75) is 76.6 Å². The van der Waals surface area contributed by atoms with Gasteiger partial charge in [0, 0.05) is 97.4 Å². The van der Waals surface area contributed by atoms with E-state index < -0.39 is 23.2 Å². The van der Waals surface area contributed by atoms with E-state index in [9.17, 15) is 19.2 Å². The number of hydrogen-bond donors (Lipinski definition) is 1. The zero-order valence-electron chi connectivity index (χ0n) is 28.3. The van der Waals surface area contributed by atoms with Crippen molar-refractivity contribution in [3.63, 3.8) is 0 Å². The molecular weight excluding hydrogens is 605 g/mol. The van der Waals surface area contributed by atoms with Gasteiger partial charge in [0.1, 0.15) is 17.3 Å². The summed E-state index contributed by atoms with van der Waals surface area (Å²) in [4.78, 5) is 58.5. The maximum Gasteiger partial charge on any atom is 0.410 e. The van der Waals surface area contributed by atoms with Gasteiger partial charge < -0.3 is 19.4 Å². The van der Waals surface area contributed by atoms with Crippen LogP contribution < -0.4 is 15.9 Å². The molecule has 13 heteroatoms. The molecule has 1 aromatic heterocycles. The molecule has 0 aliphatic carbocycles. The van der Waals surface area contributed by atoms with Crippen LogP contribution in [0.3, 0.4) is 0 Å². The van der Waals surface area contributed by atoms with Crippen LogP contribution in [-0.2, 0) is 21.4 Å². The number of halogens is 1. The third kappa shape index (κ3) is 7.51. The summed E-state index contributed by atoms with van der Waals surface area (Å²) in [5.74, 6) is -0.121. The molecule has 258 valence electrons. The number of carbonyl (C=O) groups excluding carboxylic acids is 3. The van der Waals surface area contributed by atoms with Gasteiger partial charge in [-0.05, 0) is 64.2 Å². The Bertz CT molecular complexity index is 1540. The topological polar surface area (TPSA) is 112 Å². The molecule has 5 heterocycles. The first-order valence-corrected chi connectivity index (χ1v) is 17.2. The van der Waals surface area contributed by atoms with Gasteiger partial charge in [0.15, 0.2) is 0 Å². The molecule has 4 aliphatic rings. The number of alkyl halides is 1. The van der Waals surface area contributed by atoms with Crippen LogP contribution in [0, 0.1) is 5.92 Å². The maximum atomic E-state index is 15.7. The second kappa shape index (κ2) is 13.2. The number of likely N-dealkylation sites (tertiary alicyclic amines) is 1. The smallest absolute Gasteiger partial charge is 0.410 e. The zero-order chi connectivity index (χ0) is 33.5. The number of anilines is 1. The fourth-order valence-electron chi connectivity index (χ4n) is 7.62. The molecule has 2 aromatic rings. The second-order valence-corrected chi connectivity index (χ2v) is 15.0. The maximum absolute atomic E-state index is 15.7. The zero-order valence-corrected chi connectivity index (χ0v) is 28.3. The molecule has 4 saturated heterocycles. The number of rotatable bonds is 6. The quantitative estimate of drug-likeness (QED) is 0.473. The van der Waals surface area contributed by atoms with E-state index in [-0.39, 0.29) is 24.1 Å². The molecule has 0 bridgehead atoms. The fourth-order valence-corrected chi connectivity index (χ4v) is 7.62. The molecule has 3 amide bonds. The van der Waals surface area contributed by atoms with Crippen LogP contribution in [0.4, 0.5) is 14.9 Å². The number of nitrogens with zero attached hydrogens (tertiary/aromatic N) is 6. The summed E-state index contributed by atoms with van der Waals surface area (Å²) >= 11 is 0. The number of carbonyl (C=O) groups is 3. The predicted molar refractivity (Wildman–Crippen MR) is 177 cm³/mol. The molecule has 1 N–H and O–H groups in total. The van der Waals surface area contributed by atoms with Gasteiger partial charge in [-0.1, -0.05) is 0 Å². The molecule has 47 heavy (non-hydrogen) atoms. The average Bonchev–Trinajstić information content (AvgIpc) is 3.26. The Kier molecular flexibility index (Phi) is 9.41. The summed E-state index contributed by atoms with van der Waals surface area (Å²) in [6.45, 7) is 13.3. The van der Waals surface area contributed by atoms with Gasteiger partial charge in [-0.15, -0.1) is 0 Å². The first kappa shape index (κ1) is 33.5. The molecule has 1 atom stereocenters. The lowest BCUT2D eigenvalue weighted by Crippen LogP contribution is -2.55. The number of ether oxygens (including phenoxy) is 1. The highest BCUT2D eigenvalue weighted by molar-refractivity contribution is 6.00. The van der Waals surface area contributed by atoms with Gasteiger partial charge in [-0.2, -0.15) is 0 Å². The van der Waals surface area contributed by atoms with Gasteiger partial charge in [-0.3, -0.25) is 28.9 Å². The van der Waals surface area contributed by atoms with Crippen molar-refractivity contribution in [1.29, 1.82) is 0 Å². The van der Waals surface area contributed by atoms with E-state index in [2.05, 4.69) is 20.0 Å². The number of benzene rings is 1. The summed E-state index contributed by atoms with van der Waals surface area (Å²) in [5, 5.41) is 2.36. The highest BCUT2D eigenvalue weighted by Gasteiger charge is 2.39. The average molecular weight is 656 g/mol. The number of fused-ring (bicyclic) bond motifs is 1. The molecule has 1 aromatic carbocycles. The van der Waals surface area contributed by atoms with Crippen LogP contribution in [0.2, 0.25) is 0 Å². The largest absolute Gasteiger partial charge is 0.444 e. The molecule has 6 rings (SSSR count). The van der Waals surface area contributed by atoms with Crippen LogP contribution >= 0.6 is 0 Å². The standard InChI is InChI=1S/C34H50FN7O5/c1-33(2,3)47-32(46)41-15-11-34(35,12-16-41)23-39-19-17-38(18-20-39)22-24-9-13-40(14-10-24)25-5-6-26-28(21-25)37(4)31(45)42(26)27-7-8-29(43)36-30(27)44/h5-6,21,24,27H,7-20,22-23H2,1-4H3,(H,36,43,44). The Morgan fingerprint density at radius 1 is 0.936 bits per heavy atom. The number of amides is 3. The first-order chi connectivity index (χ1) is 22.3. The van der Waals surface area contributed by atoms with Crippen LogP contribution in [0.1, 0.15) is 65.3 Å². The monoisotopic (exact) mass is 655 g/mol. The van der Waals surface area contributed by atoms with Crippen molar-refractivity contribution in [2.24, 2.45) is 13.0 Å². The molecule has 12 nitrogen and oxygen atoms in total. The Morgan fingerprint density at radius 2 is 1.60 bits per heavy atom. The lowest BCUT2D eigenvalue weighted by atomic mass is 9.92. The minimum absolute atomic E-state index is 0.220. The highest BCUT2D eigenvalue weighted by Crippen LogP contribution is 2.31. The van der Waals surface area contributed by atoms with Gasteiger partial charge in [-0.25, -0.2) is 14.0 Å². The number of aromatic nitrogens is 2. The van der Waals surface area contributed by atoms with Crippen molar-refractivity contribution in [2.75, 3.05) is 70.3 Å². The van der Waals surface area contributed by atoms with Crippen molar-refractivity contribution < 1.29 is 23.5 Å². The first-order valence-electron chi connectivity index (χ1n) is 17.2. The minimum atomic E-state index is -1.27. The fraction of sp³-hybridized carbons (Fsp3) is 0.706. The SMILES string of the molecule is Cn1c(=O)n(C2CCC(=O)NC2=O)c2ccc(N3CCC(CN4CCN(CC5(F)CCN(C(=O)OC(C)(C)C)CC5)CC4)CC3)cc21. The Labute approximate surface area is 275 Å². The van der Waals surface area contributed by atoms with Crippen molar-refractivity contribution in [1.82, 2.24) is 29.2 Å². The molecule has 4 fully saturated rings. The Hall–Kier alpha value is -3.45. The third-order valence-corrected chi connectivity index (χ3v) is 10.4. The summed E-state index contributed by atoms with van der Waals surface area (Å²) < 4.78 is 24.3. The van der Waals surface area contributed by atoms with E-state index in [1.54, 1.807) is 16.5 Å². The molecule has 1 unspecified atom stereocenters. The van der Waals surface area contributed by atoms with Gasteiger partial charge in [0.05, 0.1) is 11.0 Å². The lowest BCUT2D eigenvalue weighted by Gasteiger charge is -2.43. The van der Waals surface area contributed by atoms with Crippen LogP contribution in [0.5, 0.6) is 0 Å². The Morgan fingerprint density at radius 3 is 2.23 bits per heavy atom. The minimum Gasteiger partial charge on any atom is -0.444 e. The molecule has 4 aliphatic heterocycles. The van der Waals surface area contributed by atoms with Crippen LogP contribution in [0.25, 0.3) is 11.0 Å². The number of aryl methyl sites for hydroxylation is 1. The number of imide groups is 1. The Balaban J connectivity index is 0.959. The summed E-state index contributed by atoms with van der Waals surface area (Å²) in [6.07, 6.45) is 3.04. The predicted octanol–water partition coefficient (Wildman–Crippen LogP) is 2.89. The highest BCUT2D eigenvalue weighted by atomic mass is 19.1. The summed E-state index contributed by atoms with van der Waals surface area (Å²) in [5.41, 5.74) is 0.478. The van der Waals surface area contributed by atoms with E-state index >= 15 is 4.39 Å². The molecule has 0 radical (unpaired) electrons. The van der Waals surface area contributed by atoms with Crippen LogP contribution in [0.15, 0.2) is 23.0 Å². The van der Waals surface area contributed by atoms with E-state index in [1.807, 2.05) is 39.0 Å². The number of nitrogens with one attached hydrogen (secondary N) is 1. The van der Waals surface area contributed by atoms with E-state index in [0.717, 1.165) is 69.9 Å². The van der Waals surface area contributed by atoms with Gasteiger partial charge in [0.2, 0.25) is 11.8 Å². The van der Waals surface area contributed by atoms with Crippen molar-refractivity contribution in [3.8, 4) is 0 Å². The number of piperidine rings is 3.